The summed E-state index contributed by atoms with van der Waals surface area (Å²) >= 11 is 2.71. The van der Waals surface area contributed by atoms with Crippen LogP contribution in [0, 0.1) is 6.92 Å². The molecule has 0 fully saturated rings. The van der Waals surface area contributed by atoms with E-state index in [0.29, 0.717) is 12.1 Å². The second kappa shape index (κ2) is 8.02. The van der Waals surface area contributed by atoms with Crippen LogP contribution in [0.25, 0.3) is 0 Å². The third kappa shape index (κ3) is 4.76. The van der Waals surface area contributed by atoms with E-state index in [2.05, 4.69) is 4.72 Å². The summed E-state index contributed by atoms with van der Waals surface area (Å²) in [7, 11) is -3.74. The van der Waals surface area contributed by atoms with Crippen LogP contribution in [0.5, 0.6) is 0 Å². The van der Waals surface area contributed by atoms with E-state index in [1.54, 1.807) is 24.1 Å². The maximum atomic E-state index is 12.2. The molecule has 0 saturated heterocycles. The van der Waals surface area contributed by atoms with Crippen molar-refractivity contribution in [3.05, 3.63) is 15.8 Å². The van der Waals surface area contributed by atoms with Crippen LogP contribution in [0.2, 0.25) is 0 Å². The standard InChI is InChI=1S/C12H19NO4S3/c1-9-8-19-10(12(14)15)11(9)20(16,17)13-6-4-3-5-7-18-2/h8,13H,3-7H2,1-2H3,(H,14,15). The molecule has 0 aliphatic carbocycles. The molecule has 1 rings (SSSR count). The minimum absolute atomic E-state index is 0.0980. The zero-order valence-electron chi connectivity index (χ0n) is 11.5. The van der Waals surface area contributed by atoms with Crippen molar-refractivity contribution in [1.29, 1.82) is 0 Å². The number of nitrogens with one attached hydrogen (secondary N) is 1. The highest BCUT2D eigenvalue weighted by Crippen LogP contribution is 2.26. The van der Waals surface area contributed by atoms with Crippen molar-refractivity contribution in [3.8, 4) is 0 Å². The molecule has 0 radical (unpaired) electrons. The first-order valence-electron chi connectivity index (χ1n) is 6.20. The number of hydrogen-bond donors (Lipinski definition) is 2. The molecule has 20 heavy (non-hydrogen) atoms. The predicted octanol–water partition coefficient (Wildman–Crippen LogP) is 2.57. The van der Waals surface area contributed by atoms with Crippen LogP contribution in [0.1, 0.15) is 34.5 Å². The summed E-state index contributed by atoms with van der Waals surface area (Å²) in [6.07, 6.45) is 4.80. The fourth-order valence-electron chi connectivity index (χ4n) is 1.74. The third-order valence-electron chi connectivity index (χ3n) is 2.70. The first-order valence-corrected chi connectivity index (χ1v) is 9.95. The Morgan fingerprint density at radius 2 is 2.10 bits per heavy atom. The van der Waals surface area contributed by atoms with Crippen molar-refractivity contribution in [1.82, 2.24) is 4.72 Å². The number of thiophene rings is 1. The van der Waals surface area contributed by atoms with E-state index in [9.17, 15) is 13.2 Å². The Morgan fingerprint density at radius 3 is 2.70 bits per heavy atom. The second-order valence-electron chi connectivity index (χ2n) is 4.33. The van der Waals surface area contributed by atoms with Crippen molar-refractivity contribution in [2.45, 2.75) is 31.1 Å². The van der Waals surface area contributed by atoms with Gasteiger partial charge in [-0.3, -0.25) is 0 Å². The highest BCUT2D eigenvalue weighted by Gasteiger charge is 2.26. The summed E-state index contributed by atoms with van der Waals surface area (Å²) in [6, 6.07) is 0. The zero-order chi connectivity index (χ0) is 15.2. The molecule has 0 saturated carbocycles. The molecule has 0 aromatic carbocycles. The molecule has 0 spiro atoms. The Hall–Kier alpha value is -0.570. The summed E-state index contributed by atoms with van der Waals surface area (Å²) in [5, 5.41) is 10.6. The SMILES string of the molecule is CSCCCCCNS(=O)(=O)c1c(C)csc1C(=O)O. The van der Waals surface area contributed by atoms with Crippen molar-refractivity contribution < 1.29 is 18.3 Å². The summed E-state index contributed by atoms with van der Waals surface area (Å²) in [5.41, 5.74) is 0.474. The lowest BCUT2D eigenvalue weighted by Gasteiger charge is -2.07. The van der Waals surface area contributed by atoms with E-state index in [1.165, 1.54) is 0 Å². The number of sulfonamides is 1. The second-order valence-corrected chi connectivity index (χ2v) is 7.90. The largest absolute Gasteiger partial charge is 0.477 e. The number of aryl methyl sites for hydroxylation is 1. The van der Waals surface area contributed by atoms with Gasteiger partial charge in [-0.15, -0.1) is 11.3 Å². The molecule has 0 aliphatic rings. The average molecular weight is 337 g/mol. The van der Waals surface area contributed by atoms with E-state index >= 15 is 0 Å². The van der Waals surface area contributed by atoms with Crippen molar-refractivity contribution in [2.75, 3.05) is 18.6 Å². The third-order valence-corrected chi connectivity index (χ3v) is 6.26. The highest BCUT2D eigenvalue weighted by atomic mass is 32.2. The molecule has 0 atom stereocenters. The molecule has 114 valence electrons. The maximum absolute atomic E-state index is 12.2. The summed E-state index contributed by atoms with van der Waals surface area (Å²) in [6.45, 7) is 1.95. The number of carbonyl (C=O) groups is 1. The first-order chi connectivity index (χ1) is 9.40. The number of aromatic carboxylic acids is 1. The smallest absolute Gasteiger partial charge is 0.347 e. The Morgan fingerprint density at radius 1 is 1.40 bits per heavy atom. The van der Waals surface area contributed by atoms with Crippen LogP contribution in [0.15, 0.2) is 10.3 Å². The quantitative estimate of drug-likeness (QED) is 0.677. The lowest BCUT2D eigenvalue weighted by Crippen LogP contribution is -2.26. The van der Waals surface area contributed by atoms with Gasteiger partial charge in [0.15, 0.2) is 0 Å². The van der Waals surface area contributed by atoms with E-state index in [-0.39, 0.29) is 9.77 Å². The number of unbranched alkanes of at least 4 members (excludes halogenated alkanes) is 2. The average Bonchev–Trinajstić information content (AvgIpc) is 2.76. The van der Waals surface area contributed by atoms with Gasteiger partial charge in [-0.25, -0.2) is 17.9 Å². The molecule has 0 amide bonds. The van der Waals surface area contributed by atoms with E-state index < -0.39 is 16.0 Å². The minimum Gasteiger partial charge on any atom is -0.477 e. The first kappa shape index (κ1) is 17.5. The van der Waals surface area contributed by atoms with Gasteiger partial charge in [-0.05, 0) is 42.7 Å². The molecule has 5 nitrogen and oxygen atoms in total. The summed E-state index contributed by atoms with van der Waals surface area (Å²) in [4.78, 5) is 10.8. The van der Waals surface area contributed by atoms with Gasteiger partial charge in [-0.2, -0.15) is 11.8 Å². The molecular formula is C12H19NO4S3. The van der Waals surface area contributed by atoms with Crippen molar-refractivity contribution in [2.24, 2.45) is 0 Å². The lowest BCUT2D eigenvalue weighted by atomic mass is 10.2. The van der Waals surface area contributed by atoms with Gasteiger partial charge in [0.1, 0.15) is 9.77 Å². The van der Waals surface area contributed by atoms with Crippen LogP contribution in [-0.4, -0.2) is 38.0 Å². The van der Waals surface area contributed by atoms with Gasteiger partial charge in [0, 0.05) is 6.54 Å². The van der Waals surface area contributed by atoms with Gasteiger partial charge in [0.25, 0.3) is 0 Å². The molecule has 0 aliphatic heterocycles. The fourth-order valence-corrected chi connectivity index (χ4v) is 4.94. The van der Waals surface area contributed by atoms with Gasteiger partial charge in [0.2, 0.25) is 10.0 Å². The van der Waals surface area contributed by atoms with E-state index in [0.717, 1.165) is 36.4 Å². The van der Waals surface area contributed by atoms with Gasteiger partial charge < -0.3 is 5.11 Å². The predicted molar refractivity (Wildman–Crippen MR) is 83.4 cm³/mol. The summed E-state index contributed by atoms with van der Waals surface area (Å²) < 4.78 is 26.8. The molecule has 0 bridgehead atoms. The van der Waals surface area contributed by atoms with Gasteiger partial charge in [-0.1, -0.05) is 6.42 Å². The topological polar surface area (TPSA) is 83.5 Å². The molecule has 0 unspecified atom stereocenters. The molecule has 1 aromatic heterocycles. The normalized spacial score (nSPS) is 11.7. The molecule has 8 heteroatoms. The monoisotopic (exact) mass is 337 g/mol. The number of rotatable bonds is 9. The Balaban J connectivity index is 2.65. The molecule has 2 N–H and O–H groups in total. The van der Waals surface area contributed by atoms with Crippen LogP contribution in [0.3, 0.4) is 0 Å². The van der Waals surface area contributed by atoms with Crippen molar-refractivity contribution in [3.63, 3.8) is 0 Å². The maximum Gasteiger partial charge on any atom is 0.347 e. The van der Waals surface area contributed by atoms with E-state index in [1.807, 2.05) is 6.26 Å². The molecule has 1 aromatic rings. The van der Waals surface area contributed by atoms with Gasteiger partial charge in [0.05, 0.1) is 0 Å². The van der Waals surface area contributed by atoms with Crippen molar-refractivity contribution >= 4 is 39.1 Å². The Bertz CT molecular complexity index is 551. The number of carboxylic acid groups (broad SMARTS) is 1. The fraction of sp³-hybridized carbons (Fsp3) is 0.583. The Labute approximate surface area is 127 Å². The van der Waals surface area contributed by atoms with Gasteiger partial charge >= 0.3 is 5.97 Å². The summed E-state index contributed by atoms with van der Waals surface area (Å²) in [5.74, 6) is -0.136. The van der Waals surface area contributed by atoms with Crippen LogP contribution in [-0.2, 0) is 10.0 Å². The van der Waals surface area contributed by atoms with Crippen LogP contribution >= 0.6 is 23.1 Å². The molecular weight excluding hydrogens is 318 g/mol. The number of thioether (sulfide) groups is 1. The zero-order valence-corrected chi connectivity index (χ0v) is 14.0. The molecule has 1 heterocycles. The lowest BCUT2D eigenvalue weighted by molar-refractivity contribution is 0.0698. The Kier molecular flexibility index (Phi) is 7.01. The van der Waals surface area contributed by atoms with Crippen LogP contribution < -0.4 is 4.72 Å². The number of hydrogen-bond acceptors (Lipinski definition) is 5. The minimum atomic E-state index is -3.74. The van der Waals surface area contributed by atoms with Crippen LogP contribution in [0.4, 0.5) is 0 Å². The van der Waals surface area contributed by atoms with E-state index in [4.69, 9.17) is 5.11 Å². The number of carboxylic acids is 1. The highest BCUT2D eigenvalue weighted by molar-refractivity contribution is 7.98.